The van der Waals surface area contributed by atoms with Crippen LogP contribution in [0.4, 0.5) is 0 Å². The number of rotatable bonds is 0. The maximum Gasteiger partial charge on any atom is 0.0303 e. The van der Waals surface area contributed by atoms with Crippen LogP contribution in [-0.2, 0) is 0 Å². The highest BCUT2D eigenvalue weighted by Gasteiger charge is 1.89. The first-order valence-electron chi connectivity index (χ1n) is 4.34. The van der Waals surface area contributed by atoms with Crippen molar-refractivity contribution in [2.75, 3.05) is 0 Å². The molecule has 0 saturated heterocycles. The van der Waals surface area contributed by atoms with Gasteiger partial charge in [-0.3, -0.25) is 4.99 Å². The predicted molar refractivity (Wildman–Crippen MR) is 64.1 cm³/mol. The Morgan fingerprint density at radius 1 is 1.14 bits per heavy atom. The summed E-state index contributed by atoms with van der Waals surface area (Å²) >= 11 is 0. The van der Waals surface area contributed by atoms with E-state index in [1.807, 2.05) is 12.3 Å². The topological polar surface area (TPSA) is 12.4 Å². The molecule has 0 N–H and O–H groups in total. The zero-order valence-electron chi connectivity index (χ0n) is 7.97. The Labute approximate surface area is 89.6 Å². The highest BCUT2D eigenvalue weighted by atomic mass is 35.5. The molecule has 1 aliphatic rings. The molecule has 2 rings (SSSR count). The standard InChI is InChI=1S/C12H11N.ClH/c1-10-9-13-8-4-6-11-5-2-3-7-12(10)11;/h2-9H,1H3;1H/b6-4?,8-4-,10-9?,11-6-,12-10-,13-8?,13-9-;. The summed E-state index contributed by atoms with van der Waals surface area (Å²) in [7, 11) is 0. The lowest BCUT2D eigenvalue weighted by Crippen LogP contribution is -2.26. The summed E-state index contributed by atoms with van der Waals surface area (Å²) in [6.45, 7) is 2.08. The van der Waals surface area contributed by atoms with Crippen molar-refractivity contribution in [1.29, 1.82) is 0 Å². The molecule has 1 aromatic carbocycles. The molecule has 0 fully saturated rings. The molecule has 1 aliphatic heterocycles. The van der Waals surface area contributed by atoms with E-state index in [9.17, 15) is 0 Å². The van der Waals surface area contributed by atoms with Crippen molar-refractivity contribution in [2.45, 2.75) is 6.92 Å². The fourth-order valence-electron chi connectivity index (χ4n) is 1.42. The number of benzene rings is 1. The minimum Gasteiger partial charge on any atom is -0.264 e. The number of fused-ring (bicyclic) bond motifs is 1. The van der Waals surface area contributed by atoms with Crippen molar-refractivity contribution in [3.05, 3.63) is 47.0 Å². The lowest BCUT2D eigenvalue weighted by molar-refractivity contribution is 1.47. The molecule has 1 aromatic rings. The largest absolute Gasteiger partial charge is 0.264 e. The van der Waals surface area contributed by atoms with E-state index in [1.165, 1.54) is 16.0 Å². The van der Waals surface area contributed by atoms with Crippen LogP contribution in [0.3, 0.4) is 0 Å². The van der Waals surface area contributed by atoms with Gasteiger partial charge in [0.25, 0.3) is 0 Å². The van der Waals surface area contributed by atoms with Gasteiger partial charge in [-0.25, -0.2) is 0 Å². The van der Waals surface area contributed by atoms with Crippen LogP contribution >= 0.6 is 12.4 Å². The second-order valence-electron chi connectivity index (χ2n) is 3.06. The number of aliphatic imine (C=N–C) groups is 1. The molecule has 1 heterocycles. The van der Waals surface area contributed by atoms with Crippen LogP contribution in [0.1, 0.15) is 6.92 Å². The molecule has 0 unspecified atom stereocenters. The first-order chi connectivity index (χ1) is 6.38. The van der Waals surface area contributed by atoms with Gasteiger partial charge in [-0.1, -0.05) is 30.3 Å². The predicted octanol–water partition coefficient (Wildman–Crippen LogP) is 1.66. The van der Waals surface area contributed by atoms with Crippen molar-refractivity contribution in [3.63, 3.8) is 0 Å². The average Bonchev–Trinajstić information content (AvgIpc) is 2.14. The van der Waals surface area contributed by atoms with Gasteiger partial charge in [-0.2, -0.15) is 0 Å². The molecule has 0 saturated carbocycles. The van der Waals surface area contributed by atoms with Gasteiger partial charge in [0, 0.05) is 12.4 Å². The van der Waals surface area contributed by atoms with E-state index in [2.05, 4.69) is 42.3 Å². The third kappa shape index (κ3) is 2.12. The molecule has 0 bridgehead atoms. The van der Waals surface area contributed by atoms with Gasteiger partial charge in [0.2, 0.25) is 0 Å². The lowest BCUT2D eigenvalue weighted by atomic mass is 10.1. The van der Waals surface area contributed by atoms with Crippen LogP contribution in [0.5, 0.6) is 0 Å². The van der Waals surface area contributed by atoms with Crippen molar-refractivity contribution in [1.82, 2.24) is 0 Å². The maximum absolute atomic E-state index is 4.14. The number of nitrogens with zero attached hydrogens (tertiary/aromatic N) is 1. The first kappa shape index (κ1) is 10.7. The molecule has 0 radical (unpaired) electrons. The zero-order valence-corrected chi connectivity index (χ0v) is 8.79. The van der Waals surface area contributed by atoms with Crippen molar-refractivity contribution >= 4 is 30.3 Å². The summed E-state index contributed by atoms with van der Waals surface area (Å²) in [6, 6.07) is 8.33. The minimum atomic E-state index is 0. The first-order valence-corrected chi connectivity index (χ1v) is 4.34. The highest BCUT2D eigenvalue weighted by molar-refractivity contribution is 6.01. The fourth-order valence-corrected chi connectivity index (χ4v) is 1.42. The molecule has 0 atom stereocenters. The van der Waals surface area contributed by atoms with E-state index in [0.29, 0.717) is 0 Å². The third-order valence-electron chi connectivity index (χ3n) is 2.10. The number of allylic oxidation sites excluding steroid dienone is 1. The van der Waals surface area contributed by atoms with Gasteiger partial charge >= 0.3 is 0 Å². The SMILES string of the molecule is CC1=c2\cccc\c2=C\C=C/N=C\1.Cl. The molecular weight excluding hydrogens is 194 g/mol. The average molecular weight is 206 g/mol. The number of halogens is 1. The summed E-state index contributed by atoms with van der Waals surface area (Å²) in [5.41, 5.74) is 1.20. The van der Waals surface area contributed by atoms with Crippen LogP contribution in [-0.4, -0.2) is 6.21 Å². The van der Waals surface area contributed by atoms with Crippen LogP contribution < -0.4 is 10.4 Å². The highest BCUT2D eigenvalue weighted by Crippen LogP contribution is 1.88. The van der Waals surface area contributed by atoms with E-state index in [4.69, 9.17) is 0 Å². The van der Waals surface area contributed by atoms with Gasteiger partial charge < -0.3 is 0 Å². The summed E-state index contributed by atoms with van der Waals surface area (Å²) in [5, 5.41) is 2.51. The number of hydrogen-bond acceptors (Lipinski definition) is 1. The zero-order chi connectivity index (χ0) is 9.10. The number of hydrogen-bond donors (Lipinski definition) is 0. The second-order valence-corrected chi connectivity index (χ2v) is 3.06. The van der Waals surface area contributed by atoms with E-state index in [-0.39, 0.29) is 12.4 Å². The van der Waals surface area contributed by atoms with Crippen LogP contribution in [0, 0.1) is 0 Å². The summed E-state index contributed by atoms with van der Waals surface area (Å²) in [5.74, 6) is 0. The second kappa shape index (κ2) is 4.77. The van der Waals surface area contributed by atoms with Crippen molar-refractivity contribution in [3.8, 4) is 0 Å². The van der Waals surface area contributed by atoms with Gasteiger partial charge in [-0.05, 0) is 29.0 Å². The van der Waals surface area contributed by atoms with Crippen molar-refractivity contribution < 1.29 is 0 Å². The Morgan fingerprint density at radius 2 is 1.93 bits per heavy atom. The Kier molecular flexibility index (Phi) is 3.66. The Morgan fingerprint density at radius 3 is 2.79 bits per heavy atom. The Balaban J connectivity index is 0.000000980. The van der Waals surface area contributed by atoms with Crippen LogP contribution in [0.2, 0.25) is 0 Å². The summed E-state index contributed by atoms with van der Waals surface area (Å²) in [4.78, 5) is 4.14. The van der Waals surface area contributed by atoms with Gasteiger partial charge in [0.1, 0.15) is 0 Å². The molecule has 2 heteroatoms. The van der Waals surface area contributed by atoms with E-state index < -0.39 is 0 Å². The lowest BCUT2D eigenvalue weighted by Gasteiger charge is -1.95. The Bertz CT molecular complexity index is 483. The third-order valence-corrected chi connectivity index (χ3v) is 2.10. The van der Waals surface area contributed by atoms with Crippen LogP contribution in [0.15, 0.2) is 41.5 Å². The summed E-state index contributed by atoms with van der Waals surface area (Å²) < 4.78 is 0. The molecule has 14 heavy (non-hydrogen) atoms. The molecule has 0 amide bonds. The Hall–Kier alpha value is -1.34. The monoisotopic (exact) mass is 205 g/mol. The van der Waals surface area contributed by atoms with Crippen molar-refractivity contribution in [2.24, 2.45) is 4.99 Å². The molecule has 0 aromatic heterocycles. The molecular formula is C12H12ClN. The van der Waals surface area contributed by atoms with Crippen LogP contribution in [0.25, 0.3) is 11.6 Å². The molecule has 72 valence electrons. The van der Waals surface area contributed by atoms with E-state index in [0.717, 1.165) is 0 Å². The summed E-state index contributed by atoms with van der Waals surface area (Å²) in [6.07, 6.45) is 7.74. The minimum absolute atomic E-state index is 0. The fraction of sp³-hybridized carbons (Fsp3) is 0.0833. The van der Waals surface area contributed by atoms with E-state index >= 15 is 0 Å². The molecule has 0 spiro atoms. The normalized spacial score (nSPS) is 24.2. The molecule has 1 nitrogen and oxygen atoms in total. The maximum atomic E-state index is 4.14. The van der Waals surface area contributed by atoms with Gasteiger partial charge in [0.15, 0.2) is 0 Å². The van der Waals surface area contributed by atoms with Gasteiger partial charge in [-0.15, -0.1) is 12.4 Å². The quantitative estimate of drug-likeness (QED) is 0.611. The molecule has 0 aliphatic carbocycles. The van der Waals surface area contributed by atoms with Gasteiger partial charge in [0.05, 0.1) is 0 Å². The smallest absolute Gasteiger partial charge is 0.0303 e. The van der Waals surface area contributed by atoms with E-state index in [1.54, 1.807) is 6.20 Å².